The van der Waals surface area contributed by atoms with Gasteiger partial charge in [0.2, 0.25) is 0 Å². The van der Waals surface area contributed by atoms with Crippen molar-refractivity contribution in [1.29, 1.82) is 0 Å². The fourth-order valence-corrected chi connectivity index (χ4v) is 1.37. The van der Waals surface area contributed by atoms with Crippen molar-refractivity contribution >= 4 is 0 Å². The topological polar surface area (TPSA) is 58.3 Å². The molecule has 0 aliphatic carbocycles. The molecule has 0 amide bonds. The number of rotatable bonds is 6. The number of hydrogen-bond donors (Lipinski definition) is 2. The zero-order valence-corrected chi connectivity index (χ0v) is 8.73. The van der Waals surface area contributed by atoms with Gasteiger partial charge in [0.05, 0.1) is 12.7 Å². The lowest BCUT2D eigenvalue weighted by atomic mass is 10.0. The van der Waals surface area contributed by atoms with Gasteiger partial charge in [-0.15, -0.1) is 0 Å². The van der Waals surface area contributed by atoms with Crippen LogP contribution in [0, 0.1) is 5.92 Å². The summed E-state index contributed by atoms with van der Waals surface area (Å²) < 4.78 is 5.11. The van der Waals surface area contributed by atoms with Crippen molar-refractivity contribution in [3.63, 3.8) is 0 Å². The van der Waals surface area contributed by atoms with Gasteiger partial charge >= 0.3 is 0 Å². The molecule has 1 atom stereocenters. The molecule has 1 heterocycles. The SMILES string of the molecule is CC(C)C(CCO)NCc1cnco1. The van der Waals surface area contributed by atoms with Crippen molar-refractivity contribution in [2.45, 2.75) is 32.9 Å². The second kappa shape index (κ2) is 5.78. The minimum atomic E-state index is 0.215. The van der Waals surface area contributed by atoms with Crippen LogP contribution in [0.25, 0.3) is 0 Å². The number of hydrogen-bond acceptors (Lipinski definition) is 4. The number of oxazole rings is 1. The highest BCUT2D eigenvalue weighted by molar-refractivity contribution is 4.88. The summed E-state index contributed by atoms with van der Waals surface area (Å²) in [6, 6.07) is 0.324. The third-order valence-electron chi connectivity index (χ3n) is 2.27. The van der Waals surface area contributed by atoms with Crippen LogP contribution in [0.2, 0.25) is 0 Å². The second-order valence-electron chi connectivity index (χ2n) is 3.71. The van der Waals surface area contributed by atoms with Gasteiger partial charge in [0.1, 0.15) is 5.76 Å². The Morgan fingerprint density at radius 1 is 1.57 bits per heavy atom. The summed E-state index contributed by atoms with van der Waals surface area (Å²) in [4.78, 5) is 3.83. The summed E-state index contributed by atoms with van der Waals surface area (Å²) >= 11 is 0. The maximum Gasteiger partial charge on any atom is 0.180 e. The van der Waals surface area contributed by atoms with Crippen LogP contribution < -0.4 is 5.32 Å². The van der Waals surface area contributed by atoms with E-state index in [0.717, 1.165) is 12.2 Å². The third kappa shape index (κ3) is 3.47. The van der Waals surface area contributed by atoms with Crippen molar-refractivity contribution in [1.82, 2.24) is 10.3 Å². The quantitative estimate of drug-likeness (QED) is 0.720. The van der Waals surface area contributed by atoms with Crippen LogP contribution in [-0.4, -0.2) is 22.7 Å². The minimum Gasteiger partial charge on any atom is -0.447 e. The fraction of sp³-hybridized carbons (Fsp3) is 0.700. The van der Waals surface area contributed by atoms with Gasteiger partial charge in [-0.25, -0.2) is 4.98 Å². The molecule has 0 bridgehead atoms. The van der Waals surface area contributed by atoms with Crippen molar-refractivity contribution < 1.29 is 9.52 Å². The lowest BCUT2D eigenvalue weighted by Gasteiger charge is -2.20. The Balaban J connectivity index is 2.33. The molecule has 0 fully saturated rings. The maximum absolute atomic E-state index is 8.87. The molecule has 0 aliphatic rings. The molecule has 0 saturated heterocycles. The summed E-state index contributed by atoms with van der Waals surface area (Å²) in [6.45, 7) is 5.15. The Morgan fingerprint density at radius 2 is 2.36 bits per heavy atom. The normalized spacial score (nSPS) is 13.4. The van der Waals surface area contributed by atoms with Gasteiger partial charge in [-0.2, -0.15) is 0 Å². The van der Waals surface area contributed by atoms with Gasteiger partial charge in [-0.3, -0.25) is 0 Å². The minimum absolute atomic E-state index is 0.215. The van der Waals surface area contributed by atoms with E-state index in [9.17, 15) is 0 Å². The third-order valence-corrected chi connectivity index (χ3v) is 2.27. The molecule has 4 nitrogen and oxygen atoms in total. The van der Waals surface area contributed by atoms with E-state index in [1.807, 2.05) is 0 Å². The van der Waals surface area contributed by atoms with Gasteiger partial charge in [0.25, 0.3) is 0 Å². The van der Waals surface area contributed by atoms with Gasteiger partial charge in [-0.05, 0) is 12.3 Å². The van der Waals surface area contributed by atoms with Crippen LogP contribution in [0.1, 0.15) is 26.0 Å². The van der Waals surface area contributed by atoms with E-state index in [0.29, 0.717) is 18.5 Å². The van der Waals surface area contributed by atoms with E-state index in [-0.39, 0.29) is 6.61 Å². The number of aromatic nitrogens is 1. The van der Waals surface area contributed by atoms with Crippen molar-refractivity contribution in [3.05, 3.63) is 18.4 Å². The van der Waals surface area contributed by atoms with Gasteiger partial charge in [-0.1, -0.05) is 13.8 Å². The van der Waals surface area contributed by atoms with Gasteiger partial charge < -0.3 is 14.8 Å². The summed E-state index contributed by atoms with van der Waals surface area (Å²) in [5, 5.41) is 12.2. The lowest BCUT2D eigenvalue weighted by molar-refractivity contribution is 0.241. The highest BCUT2D eigenvalue weighted by atomic mass is 16.3. The van der Waals surface area contributed by atoms with Crippen molar-refractivity contribution in [2.75, 3.05) is 6.61 Å². The van der Waals surface area contributed by atoms with E-state index in [1.165, 1.54) is 6.39 Å². The number of aliphatic hydroxyl groups is 1. The lowest BCUT2D eigenvalue weighted by Crippen LogP contribution is -2.34. The first-order valence-electron chi connectivity index (χ1n) is 4.95. The van der Waals surface area contributed by atoms with Crippen LogP contribution in [0.3, 0.4) is 0 Å². The smallest absolute Gasteiger partial charge is 0.180 e. The standard InChI is InChI=1S/C10H18N2O2/c1-8(2)10(3-4-13)12-6-9-5-11-7-14-9/h5,7-8,10,12-13H,3-4,6H2,1-2H3. The molecule has 0 radical (unpaired) electrons. The zero-order valence-electron chi connectivity index (χ0n) is 8.73. The Morgan fingerprint density at radius 3 is 2.86 bits per heavy atom. The molecule has 1 rings (SSSR count). The summed E-state index contributed by atoms with van der Waals surface area (Å²) in [5.74, 6) is 1.33. The summed E-state index contributed by atoms with van der Waals surface area (Å²) in [5.41, 5.74) is 0. The average Bonchev–Trinajstić information content (AvgIpc) is 2.64. The van der Waals surface area contributed by atoms with Crippen LogP contribution >= 0.6 is 0 Å². The molecule has 1 unspecified atom stereocenters. The first-order valence-corrected chi connectivity index (χ1v) is 4.95. The van der Waals surface area contributed by atoms with Gasteiger partial charge in [0.15, 0.2) is 6.39 Å². The van der Waals surface area contributed by atoms with Crippen LogP contribution in [-0.2, 0) is 6.54 Å². The van der Waals surface area contributed by atoms with Crippen LogP contribution in [0.5, 0.6) is 0 Å². The maximum atomic E-state index is 8.87. The fourth-order valence-electron chi connectivity index (χ4n) is 1.37. The largest absolute Gasteiger partial charge is 0.447 e. The Kier molecular flexibility index (Phi) is 4.62. The monoisotopic (exact) mass is 198 g/mol. The average molecular weight is 198 g/mol. The molecule has 1 aromatic rings. The molecule has 4 heteroatoms. The van der Waals surface area contributed by atoms with Crippen LogP contribution in [0.15, 0.2) is 17.0 Å². The highest BCUT2D eigenvalue weighted by Crippen LogP contribution is 2.07. The molecule has 14 heavy (non-hydrogen) atoms. The zero-order chi connectivity index (χ0) is 10.4. The van der Waals surface area contributed by atoms with E-state index in [2.05, 4.69) is 24.1 Å². The molecular weight excluding hydrogens is 180 g/mol. The molecule has 0 aromatic carbocycles. The highest BCUT2D eigenvalue weighted by Gasteiger charge is 2.12. The molecule has 1 aromatic heterocycles. The first-order chi connectivity index (χ1) is 6.74. The molecule has 2 N–H and O–H groups in total. The number of nitrogens with one attached hydrogen (secondary N) is 1. The first kappa shape index (κ1) is 11.2. The van der Waals surface area contributed by atoms with Crippen molar-refractivity contribution in [2.24, 2.45) is 5.92 Å². The van der Waals surface area contributed by atoms with Crippen LogP contribution in [0.4, 0.5) is 0 Å². The van der Waals surface area contributed by atoms with E-state index >= 15 is 0 Å². The Bertz CT molecular complexity index is 234. The molecule has 0 aliphatic heterocycles. The van der Waals surface area contributed by atoms with Crippen molar-refractivity contribution in [3.8, 4) is 0 Å². The number of aliphatic hydroxyl groups excluding tert-OH is 1. The molecule has 0 spiro atoms. The second-order valence-corrected chi connectivity index (χ2v) is 3.71. The Labute approximate surface area is 84.3 Å². The van der Waals surface area contributed by atoms with E-state index < -0.39 is 0 Å². The number of nitrogens with zero attached hydrogens (tertiary/aromatic N) is 1. The van der Waals surface area contributed by atoms with E-state index in [4.69, 9.17) is 9.52 Å². The predicted molar refractivity (Wildman–Crippen MR) is 53.7 cm³/mol. The summed E-state index contributed by atoms with van der Waals surface area (Å²) in [6.07, 6.45) is 3.89. The summed E-state index contributed by atoms with van der Waals surface area (Å²) in [7, 11) is 0. The van der Waals surface area contributed by atoms with E-state index in [1.54, 1.807) is 6.20 Å². The Hall–Kier alpha value is -0.870. The molecule has 0 saturated carbocycles. The predicted octanol–water partition coefficient (Wildman–Crippen LogP) is 1.17. The van der Waals surface area contributed by atoms with Gasteiger partial charge in [0, 0.05) is 12.6 Å². The molecule has 80 valence electrons. The molecular formula is C10H18N2O2.